The standard InChI is InChI=1S/C14H14O2/c1-9-6-7-13(10(2)14(9)16)11-4-3-5-12(15)8-11/h3-8,15-16H,1-2H3. The summed E-state index contributed by atoms with van der Waals surface area (Å²) < 4.78 is 0. The summed E-state index contributed by atoms with van der Waals surface area (Å²) in [5.41, 5.74) is 3.55. The first kappa shape index (κ1) is 10.6. The zero-order valence-corrected chi connectivity index (χ0v) is 9.36. The molecule has 0 fully saturated rings. The van der Waals surface area contributed by atoms with E-state index in [9.17, 15) is 10.2 Å². The van der Waals surface area contributed by atoms with Gasteiger partial charge in [0.25, 0.3) is 0 Å². The highest BCUT2D eigenvalue weighted by Gasteiger charge is 2.08. The lowest BCUT2D eigenvalue weighted by Crippen LogP contribution is -1.86. The van der Waals surface area contributed by atoms with Gasteiger partial charge in [0.05, 0.1) is 0 Å². The van der Waals surface area contributed by atoms with E-state index in [1.165, 1.54) is 0 Å². The third-order valence-corrected chi connectivity index (χ3v) is 2.79. The molecule has 16 heavy (non-hydrogen) atoms. The Morgan fingerprint density at radius 3 is 2.38 bits per heavy atom. The Morgan fingerprint density at radius 2 is 1.69 bits per heavy atom. The fraction of sp³-hybridized carbons (Fsp3) is 0.143. The maximum absolute atomic E-state index is 9.86. The van der Waals surface area contributed by atoms with Crippen LogP contribution >= 0.6 is 0 Å². The lowest BCUT2D eigenvalue weighted by molar-refractivity contribution is 0.467. The quantitative estimate of drug-likeness (QED) is 0.764. The molecular weight excluding hydrogens is 200 g/mol. The minimum Gasteiger partial charge on any atom is -0.508 e. The zero-order valence-electron chi connectivity index (χ0n) is 9.36. The number of hydrogen-bond donors (Lipinski definition) is 2. The van der Waals surface area contributed by atoms with Gasteiger partial charge in [0.2, 0.25) is 0 Å². The largest absolute Gasteiger partial charge is 0.508 e. The molecule has 0 amide bonds. The summed E-state index contributed by atoms with van der Waals surface area (Å²) in [4.78, 5) is 0. The number of rotatable bonds is 1. The van der Waals surface area contributed by atoms with Gasteiger partial charge in [-0.1, -0.05) is 24.3 Å². The Balaban J connectivity index is 2.61. The highest BCUT2D eigenvalue weighted by atomic mass is 16.3. The third kappa shape index (κ3) is 1.74. The molecule has 2 heteroatoms. The highest BCUT2D eigenvalue weighted by Crippen LogP contribution is 2.32. The lowest BCUT2D eigenvalue weighted by Gasteiger charge is -2.10. The predicted octanol–water partition coefficient (Wildman–Crippen LogP) is 3.38. The molecule has 0 radical (unpaired) electrons. The topological polar surface area (TPSA) is 40.5 Å². The average molecular weight is 214 g/mol. The summed E-state index contributed by atoms with van der Waals surface area (Å²) in [5, 5.41) is 19.3. The van der Waals surface area contributed by atoms with E-state index < -0.39 is 0 Å². The fourth-order valence-corrected chi connectivity index (χ4v) is 1.82. The molecular formula is C14H14O2. The van der Waals surface area contributed by atoms with Crippen LogP contribution in [0.1, 0.15) is 11.1 Å². The summed E-state index contributed by atoms with van der Waals surface area (Å²) in [7, 11) is 0. The molecule has 82 valence electrons. The molecule has 0 spiro atoms. The molecule has 0 heterocycles. The molecule has 2 nitrogen and oxygen atoms in total. The number of benzene rings is 2. The van der Waals surface area contributed by atoms with Crippen LogP contribution in [0.15, 0.2) is 36.4 Å². The van der Waals surface area contributed by atoms with Crippen LogP contribution in [0.25, 0.3) is 11.1 Å². The van der Waals surface area contributed by atoms with Crippen molar-refractivity contribution < 1.29 is 10.2 Å². The number of aromatic hydroxyl groups is 2. The first-order valence-corrected chi connectivity index (χ1v) is 5.18. The smallest absolute Gasteiger partial charge is 0.122 e. The van der Waals surface area contributed by atoms with Gasteiger partial charge in [0, 0.05) is 0 Å². The number of aryl methyl sites for hydroxylation is 1. The van der Waals surface area contributed by atoms with E-state index in [2.05, 4.69) is 0 Å². The van der Waals surface area contributed by atoms with Crippen molar-refractivity contribution in [1.29, 1.82) is 0 Å². The molecule has 0 aliphatic carbocycles. The Labute approximate surface area is 94.8 Å². The highest BCUT2D eigenvalue weighted by molar-refractivity contribution is 5.71. The van der Waals surface area contributed by atoms with E-state index in [-0.39, 0.29) is 5.75 Å². The third-order valence-electron chi connectivity index (χ3n) is 2.79. The van der Waals surface area contributed by atoms with Gasteiger partial charge in [-0.3, -0.25) is 0 Å². The first-order valence-electron chi connectivity index (χ1n) is 5.18. The Bertz CT molecular complexity index is 530. The molecule has 0 aliphatic rings. The summed E-state index contributed by atoms with van der Waals surface area (Å²) in [5.74, 6) is 0.554. The predicted molar refractivity (Wildman–Crippen MR) is 64.7 cm³/mol. The maximum atomic E-state index is 9.86. The van der Waals surface area contributed by atoms with Gasteiger partial charge in [0.1, 0.15) is 11.5 Å². The minimum atomic E-state index is 0.233. The molecule has 2 N–H and O–H groups in total. The van der Waals surface area contributed by atoms with Crippen molar-refractivity contribution in [1.82, 2.24) is 0 Å². The van der Waals surface area contributed by atoms with Crippen LogP contribution < -0.4 is 0 Å². The second-order valence-corrected chi connectivity index (χ2v) is 3.95. The first-order chi connectivity index (χ1) is 7.59. The van der Waals surface area contributed by atoms with Gasteiger partial charge < -0.3 is 10.2 Å². The van der Waals surface area contributed by atoms with Crippen molar-refractivity contribution in [2.75, 3.05) is 0 Å². The zero-order chi connectivity index (χ0) is 11.7. The summed E-state index contributed by atoms with van der Waals surface area (Å²) in [6, 6.07) is 10.9. The van der Waals surface area contributed by atoms with Crippen molar-refractivity contribution in [2.45, 2.75) is 13.8 Å². The van der Waals surface area contributed by atoms with E-state index in [1.807, 2.05) is 32.0 Å². The van der Waals surface area contributed by atoms with Crippen LogP contribution in [0.3, 0.4) is 0 Å². The van der Waals surface area contributed by atoms with Gasteiger partial charge in [-0.2, -0.15) is 0 Å². The monoisotopic (exact) mass is 214 g/mol. The van der Waals surface area contributed by atoms with Gasteiger partial charge in [-0.15, -0.1) is 0 Å². The molecule has 2 aromatic rings. The molecule has 0 aliphatic heterocycles. The molecule has 2 rings (SSSR count). The van der Waals surface area contributed by atoms with Crippen LogP contribution in [0.2, 0.25) is 0 Å². The van der Waals surface area contributed by atoms with Gasteiger partial charge >= 0.3 is 0 Å². The summed E-state index contributed by atoms with van der Waals surface area (Å²) in [6.07, 6.45) is 0. The normalized spacial score (nSPS) is 10.4. The van der Waals surface area contributed by atoms with Gasteiger partial charge in [0.15, 0.2) is 0 Å². The fourth-order valence-electron chi connectivity index (χ4n) is 1.82. The number of phenols is 2. The van der Waals surface area contributed by atoms with E-state index in [1.54, 1.807) is 18.2 Å². The molecule has 0 saturated carbocycles. The van der Waals surface area contributed by atoms with Crippen LogP contribution in [-0.4, -0.2) is 10.2 Å². The van der Waals surface area contributed by atoms with Gasteiger partial charge in [-0.25, -0.2) is 0 Å². The molecule has 0 aromatic heterocycles. The van der Waals surface area contributed by atoms with Crippen LogP contribution in [0, 0.1) is 13.8 Å². The Kier molecular flexibility index (Phi) is 2.57. The second-order valence-electron chi connectivity index (χ2n) is 3.95. The minimum absolute atomic E-state index is 0.233. The molecule has 0 saturated heterocycles. The van der Waals surface area contributed by atoms with Crippen LogP contribution in [0.5, 0.6) is 11.5 Å². The summed E-state index contributed by atoms with van der Waals surface area (Å²) in [6.45, 7) is 3.75. The van der Waals surface area contributed by atoms with Crippen molar-refractivity contribution in [3.63, 3.8) is 0 Å². The molecule has 2 aromatic carbocycles. The Hall–Kier alpha value is -1.96. The van der Waals surface area contributed by atoms with E-state index in [0.717, 1.165) is 22.3 Å². The molecule has 0 unspecified atom stereocenters. The lowest BCUT2D eigenvalue weighted by atomic mass is 9.97. The van der Waals surface area contributed by atoms with Crippen LogP contribution in [-0.2, 0) is 0 Å². The molecule has 0 bridgehead atoms. The van der Waals surface area contributed by atoms with Gasteiger partial charge in [-0.05, 0) is 48.2 Å². The van der Waals surface area contributed by atoms with E-state index in [0.29, 0.717) is 5.75 Å². The van der Waals surface area contributed by atoms with Crippen molar-refractivity contribution in [2.24, 2.45) is 0 Å². The number of hydrogen-bond acceptors (Lipinski definition) is 2. The number of phenolic OH excluding ortho intramolecular Hbond substituents is 2. The SMILES string of the molecule is Cc1ccc(-c2cccc(O)c2)c(C)c1O. The molecule has 0 atom stereocenters. The van der Waals surface area contributed by atoms with E-state index in [4.69, 9.17) is 0 Å². The van der Waals surface area contributed by atoms with E-state index >= 15 is 0 Å². The van der Waals surface area contributed by atoms with Crippen molar-refractivity contribution in [3.05, 3.63) is 47.5 Å². The Morgan fingerprint density at radius 1 is 0.938 bits per heavy atom. The maximum Gasteiger partial charge on any atom is 0.122 e. The summed E-state index contributed by atoms with van der Waals surface area (Å²) >= 11 is 0. The van der Waals surface area contributed by atoms with Crippen molar-refractivity contribution >= 4 is 0 Å². The second kappa shape index (κ2) is 3.89. The average Bonchev–Trinajstić information content (AvgIpc) is 2.26. The van der Waals surface area contributed by atoms with Crippen LogP contribution in [0.4, 0.5) is 0 Å². The van der Waals surface area contributed by atoms with Crippen molar-refractivity contribution in [3.8, 4) is 22.6 Å².